The minimum atomic E-state index is -0.608. The Morgan fingerprint density at radius 3 is 2.33 bits per heavy atom. The third-order valence-corrected chi connectivity index (χ3v) is 4.47. The van der Waals surface area contributed by atoms with Crippen LogP contribution in [0.4, 0.5) is 0 Å². The normalized spacial score (nSPS) is 18.3. The van der Waals surface area contributed by atoms with Crippen molar-refractivity contribution in [3.63, 3.8) is 0 Å². The van der Waals surface area contributed by atoms with Gasteiger partial charge in [-0.2, -0.15) is 0 Å². The maximum Gasteiger partial charge on any atom is 0.253 e. The van der Waals surface area contributed by atoms with Gasteiger partial charge in [0.15, 0.2) is 0 Å². The molecule has 1 aromatic rings. The minimum Gasteiger partial charge on any atom is -0.391 e. The Hall–Kier alpha value is -1.69. The van der Waals surface area contributed by atoms with Gasteiger partial charge in [0.05, 0.1) is 16.1 Å². The van der Waals surface area contributed by atoms with Crippen LogP contribution in [0.1, 0.15) is 55.3 Å². The van der Waals surface area contributed by atoms with Gasteiger partial charge in [-0.05, 0) is 18.9 Å². The third kappa shape index (κ3) is 3.91. The molecular weight excluding hydrogens is 286 g/mol. The summed E-state index contributed by atoms with van der Waals surface area (Å²) in [7, 11) is 0. The summed E-state index contributed by atoms with van der Waals surface area (Å²) in [5, 5.41) is 3.01. The minimum absolute atomic E-state index is 0.235. The van der Waals surface area contributed by atoms with Crippen LogP contribution >= 0.6 is 12.2 Å². The third-order valence-electron chi connectivity index (χ3n) is 4.08. The average Bonchev–Trinajstić information content (AvgIpc) is 2.42. The van der Waals surface area contributed by atoms with Crippen LogP contribution in [0.25, 0.3) is 0 Å². The molecule has 2 rings (SSSR count). The van der Waals surface area contributed by atoms with Crippen molar-refractivity contribution in [2.75, 3.05) is 0 Å². The van der Waals surface area contributed by atoms with Gasteiger partial charge < -0.3 is 16.0 Å². The van der Waals surface area contributed by atoms with Gasteiger partial charge in [0.2, 0.25) is 5.56 Å². The van der Waals surface area contributed by atoms with Crippen molar-refractivity contribution in [3.05, 3.63) is 34.2 Å². The number of H-pyrrole nitrogens is 1. The summed E-state index contributed by atoms with van der Waals surface area (Å²) in [5.41, 5.74) is 5.50. The molecule has 0 spiro atoms. The molecule has 1 saturated carbocycles. The van der Waals surface area contributed by atoms with Gasteiger partial charge in [0, 0.05) is 12.3 Å². The van der Waals surface area contributed by atoms with Crippen molar-refractivity contribution in [2.45, 2.75) is 50.5 Å². The van der Waals surface area contributed by atoms with Crippen molar-refractivity contribution < 1.29 is 4.79 Å². The van der Waals surface area contributed by atoms with E-state index < -0.39 is 5.54 Å². The Bertz CT molecular complexity index is 554. The Labute approximate surface area is 129 Å². The largest absolute Gasteiger partial charge is 0.391 e. The fourth-order valence-electron chi connectivity index (χ4n) is 2.78. The highest BCUT2D eigenvalue weighted by Crippen LogP contribution is 2.27. The van der Waals surface area contributed by atoms with Crippen LogP contribution in [0.15, 0.2) is 23.1 Å². The lowest BCUT2D eigenvalue weighted by molar-refractivity contribution is 0.0912. The first kappa shape index (κ1) is 15.7. The number of nitrogens with one attached hydrogen (secondary N) is 2. The summed E-state index contributed by atoms with van der Waals surface area (Å²) in [6.45, 7) is 0. The molecule has 1 heterocycles. The van der Waals surface area contributed by atoms with Crippen LogP contribution < -0.4 is 16.6 Å². The molecule has 5 nitrogen and oxygen atoms in total. The van der Waals surface area contributed by atoms with E-state index in [1.165, 1.54) is 24.8 Å². The molecule has 0 radical (unpaired) electrons. The molecule has 0 atom stereocenters. The van der Waals surface area contributed by atoms with Gasteiger partial charge in [0.25, 0.3) is 5.91 Å². The molecule has 0 saturated heterocycles. The molecule has 21 heavy (non-hydrogen) atoms. The van der Waals surface area contributed by atoms with Gasteiger partial charge in [-0.25, -0.2) is 0 Å². The topological polar surface area (TPSA) is 88.0 Å². The van der Waals surface area contributed by atoms with Gasteiger partial charge in [-0.1, -0.05) is 44.3 Å². The lowest BCUT2D eigenvalue weighted by Gasteiger charge is -2.35. The quantitative estimate of drug-likeness (QED) is 0.744. The van der Waals surface area contributed by atoms with E-state index in [0.717, 1.165) is 38.5 Å². The summed E-state index contributed by atoms with van der Waals surface area (Å²) >= 11 is 5.23. The number of pyridine rings is 1. The number of nitrogens with two attached hydrogens (primary N) is 1. The van der Waals surface area contributed by atoms with E-state index in [-0.39, 0.29) is 11.5 Å². The molecule has 6 heteroatoms. The first-order valence-electron chi connectivity index (χ1n) is 7.35. The zero-order valence-electron chi connectivity index (χ0n) is 12.0. The van der Waals surface area contributed by atoms with E-state index in [4.69, 9.17) is 18.0 Å². The summed E-state index contributed by atoms with van der Waals surface area (Å²) < 4.78 is 0. The summed E-state index contributed by atoms with van der Waals surface area (Å²) in [6, 6.07) is 2.84. The predicted molar refractivity (Wildman–Crippen MR) is 86.4 cm³/mol. The highest BCUT2D eigenvalue weighted by atomic mass is 32.1. The molecule has 1 aliphatic rings. The number of carbonyl (C=O) groups is 1. The molecular formula is C15H21N3O2S. The smallest absolute Gasteiger partial charge is 0.253 e. The number of rotatable bonds is 3. The van der Waals surface area contributed by atoms with Gasteiger partial charge in [-0.15, -0.1) is 0 Å². The molecule has 0 unspecified atom stereocenters. The Morgan fingerprint density at radius 1 is 1.19 bits per heavy atom. The Balaban J connectivity index is 2.18. The second-order valence-electron chi connectivity index (χ2n) is 5.61. The number of amides is 1. The van der Waals surface area contributed by atoms with E-state index in [0.29, 0.717) is 10.6 Å². The van der Waals surface area contributed by atoms with Gasteiger partial charge >= 0.3 is 0 Å². The molecule has 1 aliphatic carbocycles. The van der Waals surface area contributed by atoms with Crippen LogP contribution in [-0.4, -0.2) is 21.4 Å². The Kier molecular flexibility index (Phi) is 5.12. The van der Waals surface area contributed by atoms with E-state index in [2.05, 4.69) is 10.3 Å². The zero-order chi connectivity index (χ0) is 15.3. The number of hydrogen-bond donors (Lipinski definition) is 3. The highest BCUT2D eigenvalue weighted by molar-refractivity contribution is 7.80. The van der Waals surface area contributed by atoms with Crippen molar-refractivity contribution >= 4 is 23.1 Å². The lowest BCUT2D eigenvalue weighted by Crippen LogP contribution is -2.57. The average molecular weight is 307 g/mol. The van der Waals surface area contributed by atoms with Gasteiger partial charge in [-0.3, -0.25) is 9.59 Å². The van der Waals surface area contributed by atoms with Crippen molar-refractivity contribution in [1.82, 2.24) is 10.3 Å². The maximum atomic E-state index is 12.4. The van der Waals surface area contributed by atoms with E-state index >= 15 is 0 Å². The first-order valence-corrected chi connectivity index (χ1v) is 7.75. The van der Waals surface area contributed by atoms with Crippen LogP contribution in [0.3, 0.4) is 0 Å². The van der Waals surface area contributed by atoms with Crippen LogP contribution in [0.5, 0.6) is 0 Å². The van der Waals surface area contributed by atoms with Crippen LogP contribution in [0.2, 0.25) is 0 Å². The number of aromatic amines is 1. The summed E-state index contributed by atoms with van der Waals surface area (Å²) in [6.07, 6.45) is 8.47. The predicted octanol–water partition coefficient (Wildman–Crippen LogP) is 1.87. The molecule has 4 N–H and O–H groups in total. The van der Waals surface area contributed by atoms with Crippen molar-refractivity contribution in [3.8, 4) is 0 Å². The molecule has 0 aromatic carbocycles. The van der Waals surface area contributed by atoms with E-state index in [1.807, 2.05) is 0 Å². The molecule has 114 valence electrons. The molecule has 0 bridgehead atoms. The molecule has 1 aromatic heterocycles. The summed E-state index contributed by atoms with van der Waals surface area (Å²) in [4.78, 5) is 26.3. The first-order chi connectivity index (χ1) is 10.0. The van der Waals surface area contributed by atoms with Crippen LogP contribution in [0, 0.1) is 0 Å². The summed E-state index contributed by atoms with van der Waals surface area (Å²) in [5.74, 6) is -0.250. The fourth-order valence-corrected chi connectivity index (χ4v) is 3.04. The maximum absolute atomic E-state index is 12.4. The van der Waals surface area contributed by atoms with E-state index in [9.17, 15) is 9.59 Å². The lowest BCUT2D eigenvalue weighted by atomic mass is 9.83. The number of hydrogen-bond acceptors (Lipinski definition) is 3. The number of aromatic nitrogens is 1. The molecule has 1 amide bonds. The van der Waals surface area contributed by atoms with Crippen molar-refractivity contribution in [1.29, 1.82) is 0 Å². The standard InChI is InChI=1S/C15H21N3O2S/c16-14(21)15(8-4-2-1-3-5-9-15)18-13(20)11-6-7-12(19)17-10-11/h6-7,10H,1-5,8-9H2,(H2,16,21)(H,17,19)(H,18,20). The molecule has 1 fully saturated rings. The highest BCUT2D eigenvalue weighted by Gasteiger charge is 2.35. The van der Waals surface area contributed by atoms with Crippen LogP contribution in [-0.2, 0) is 0 Å². The zero-order valence-corrected chi connectivity index (χ0v) is 12.8. The SMILES string of the molecule is NC(=S)C1(NC(=O)c2ccc(=O)[nH]c2)CCCCCCC1. The van der Waals surface area contributed by atoms with Crippen molar-refractivity contribution in [2.24, 2.45) is 5.73 Å². The fraction of sp³-hybridized carbons (Fsp3) is 0.533. The van der Waals surface area contributed by atoms with E-state index in [1.54, 1.807) is 0 Å². The second kappa shape index (κ2) is 6.85. The number of carbonyl (C=O) groups excluding carboxylic acids is 1. The monoisotopic (exact) mass is 307 g/mol. The Morgan fingerprint density at radius 2 is 1.81 bits per heavy atom. The molecule has 0 aliphatic heterocycles. The number of thiocarbonyl (C=S) groups is 1. The second-order valence-corrected chi connectivity index (χ2v) is 6.05. The van der Waals surface area contributed by atoms with Gasteiger partial charge in [0.1, 0.15) is 0 Å².